The average Bonchev–Trinajstić information content (AvgIpc) is 2.75. The summed E-state index contributed by atoms with van der Waals surface area (Å²) < 4.78 is 6.03. The number of rotatable bonds is 8. The van der Waals surface area contributed by atoms with Crippen molar-refractivity contribution in [3.8, 4) is 5.75 Å². The Hall–Kier alpha value is -1.28. The molecule has 3 rings (SSSR count). The molecule has 1 fully saturated rings. The van der Waals surface area contributed by atoms with Crippen molar-refractivity contribution in [1.82, 2.24) is 0 Å². The van der Waals surface area contributed by atoms with E-state index in [0.717, 1.165) is 29.3 Å². The number of aliphatic hydroxyl groups is 4. The standard InChI is InChI=1S/C23H29ClO5S/c1-2-3-4-14-5-7-15(8-6-14)11-16-12-17(24)9-10-18(16)29-23-22(28)21(27)20(26)19(13-25)30-23/h5-10,12,19-23,25-28H,2-4,11,13H2,1H3. The fourth-order valence-corrected chi connectivity index (χ4v) is 4.94. The molecule has 1 saturated heterocycles. The Morgan fingerprint density at radius 1 is 0.967 bits per heavy atom. The molecule has 4 N–H and O–H groups in total. The molecule has 0 aliphatic carbocycles. The highest BCUT2D eigenvalue weighted by Crippen LogP contribution is 2.36. The molecule has 0 radical (unpaired) electrons. The lowest BCUT2D eigenvalue weighted by Crippen LogP contribution is -2.55. The van der Waals surface area contributed by atoms with Gasteiger partial charge in [0.15, 0.2) is 5.44 Å². The number of ether oxygens (including phenoxy) is 1. The molecule has 0 saturated carbocycles. The van der Waals surface area contributed by atoms with Crippen LogP contribution in [0.5, 0.6) is 5.75 Å². The van der Waals surface area contributed by atoms with Gasteiger partial charge in [-0.2, -0.15) is 0 Å². The summed E-state index contributed by atoms with van der Waals surface area (Å²) in [7, 11) is 0. The first-order valence-electron chi connectivity index (χ1n) is 10.3. The Morgan fingerprint density at radius 3 is 2.33 bits per heavy atom. The van der Waals surface area contributed by atoms with Crippen LogP contribution in [0.1, 0.15) is 36.5 Å². The maximum atomic E-state index is 10.4. The summed E-state index contributed by atoms with van der Waals surface area (Å²) in [5, 5.41) is 39.9. The summed E-state index contributed by atoms with van der Waals surface area (Å²) in [5.41, 5.74) is 2.46. The van der Waals surface area contributed by atoms with E-state index in [1.165, 1.54) is 18.4 Å². The van der Waals surface area contributed by atoms with Crippen molar-refractivity contribution < 1.29 is 25.2 Å². The van der Waals surface area contributed by atoms with Gasteiger partial charge >= 0.3 is 0 Å². The van der Waals surface area contributed by atoms with Gasteiger partial charge in [0.25, 0.3) is 0 Å². The molecule has 5 nitrogen and oxygen atoms in total. The molecule has 0 aromatic heterocycles. The highest BCUT2D eigenvalue weighted by Gasteiger charge is 2.44. The van der Waals surface area contributed by atoms with E-state index >= 15 is 0 Å². The van der Waals surface area contributed by atoms with E-state index in [0.29, 0.717) is 17.2 Å². The number of hydrogen-bond acceptors (Lipinski definition) is 6. The topological polar surface area (TPSA) is 90.2 Å². The Balaban J connectivity index is 1.77. The van der Waals surface area contributed by atoms with Gasteiger partial charge in [0.2, 0.25) is 0 Å². The number of benzene rings is 2. The summed E-state index contributed by atoms with van der Waals surface area (Å²) in [6.07, 6.45) is 0.117. The molecular formula is C23H29ClO5S. The number of aryl methyl sites for hydroxylation is 1. The zero-order chi connectivity index (χ0) is 21.7. The molecule has 2 aromatic carbocycles. The third-order valence-electron chi connectivity index (χ3n) is 5.35. The second-order valence-electron chi connectivity index (χ2n) is 7.66. The predicted molar refractivity (Wildman–Crippen MR) is 120 cm³/mol. The molecule has 0 spiro atoms. The lowest BCUT2D eigenvalue weighted by atomic mass is 10.0. The second kappa shape index (κ2) is 10.8. The monoisotopic (exact) mass is 452 g/mol. The molecular weight excluding hydrogens is 424 g/mol. The van der Waals surface area contributed by atoms with Crippen molar-refractivity contribution in [3.63, 3.8) is 0 Å². The molecule has 0 bridgehead atoms. The molecule has 5 unspecified atom stereocenters. The van der Waals surface area contributed by atoms with Gasteiger partial charge in [-0.25, -0.2) is 0 Å². The average molecular weight is 453 g/mol. The third-order valence-corrected chi connectivity index (χ3v) is 7.01. The van der Waals surface area contributed by atoms with Crippen LogP contribution in [0.15, 0.2) is 42.5 Å². The molecule has 1 aliphatic heterocycles. The largest absolute Gasteiger partial charge is 0.477 e. The van der Waals surface area contributed by atoms with Crippen LogP contribution in [-0.4, -0.2) is 56.0 Å². The maximum Gasteiger partial charge on any atom is 0.173 e. The third kappa shape index (κ3) is 5.69. The number of unbranched alkanes of at least 4 members (excludes halogenated alkanes) is 1. The van der Waals surface area contributed by atoms with Crippen LogP contribution >= 0.6 is 23.4 Å². The maximum absolute atomic E-state index is 10.4. The first kappa shape index (κ1) is 23.4. The molecule has 2 aromatic rings. The summed E-state index contributed by atoms with van der Waals surface area (Å²) in [6.45, 7) is 1.85. The predicted octanol–water partition coefficient (Wildman–Crippen LogP) is 3.17. The zero-order valence-corrected chi connectivity index (χ0v) is 18.5. The Kier molecular flexibility index (Phi) is 8.45. The highest BCUT2D eigenvalue weighted by molar-refractivity contribution is 8.00. The van der Waals surface area contributed by atoms with E-state index < -0.39 is 29.0 Å². The van der Waals surface area contributed by atoms with Gasteiger partial charge in [-0.05, 0) is 42.2 Å². The van der Waals surface area contributed by atoms with Gasteiger partial charge in [-0.1, -0.05) is 49.2 Å². The van der Waals surface area contributed by atoms with Crippen LogP contribution in [0.3, 0.4) is 0 Å². The first-order chi connectivity index (χ1) is 14.4. The minimum Gasteiger partial charge on any atom is -0.477 e. The molecule has 30 heavy (non-hydrogen) atoms. The van der Waals surface area contributed by atoms with Crippen LogP contribution in [-0.2, 0) is 12.8 Å². The van der Waals surface area contributed by atoms with Crippen molar-refractivity contribution in [3.05, 3.63) is 64.2 Å². The van der Waals surface area contributed by atoms with Gasteiger partial charge in [-0.15, -0.1) is 11.8 Å². The molecule has 164 valence electrons. The lowest BCUT2D eigenvalue weighted by Gasteiger charge is -2.39. The van der Waals surface area contributed by atoms with E-state index in [4.69, 9.17) is 16.3 Å². The van der Waals surface area contributed by atoms with Gasteiger partial charge in [0.05, 0.1) is 18.0 Å². The van der Waals surface area contributed by atoms with Crippen LogP contribution in [0.25, 0.3) is 0 Å². The minimum atomic E-state index is -1.39. The van der Waals surface area contributed by atoms with Crippen molar-refractivity contribution >= 4 is 23.4 Å². The van der Waals surface area contributed by atoms with E-state index in [2.05, 4.69) is 31.2 Å². The molecule has 1 aliphatic rings. The van der Waals surface area contributed by atoms with Crippen LogP contribution in [0, 0.1) is 0 Å². The summed E-state index contributed by atoms with van der Waals surface area (Å²) in [6, 6.07) is 13.8. The Morgan fingerprint density at radius 2 is 1.67 bits per heavy atom. The SMILES string of the molecule is CCCCc1ccc(Cc2cc(Cl)ccc2OC2SC(CO)C(O)C(O)C2O)cc1. The van der Waals surface area contributed by atoms with Crippen molar-refractivity contribution in [1.29, 1.82) is 0 Å². The van der Waals surface area contributed by atoms with Gasteiger partial charge in [0, 0.05) is 17.0 Å². The van der Waals surface area contributed by atoms with Crippen LogP contribution in [0.2, 0.25) is 5.02 Å². The quantitative estimate of drug-likeness (QED) is 0.492. The number of hydrogen-bond donors (Lipinski definition) is 4. The fraction of sp³-hybridized carbons (Fsp3) is 0.478. The first-order valence-corrected chi connectivity index (χ1v) is 11.6. The molecule has 7 heteroatoms. The van der Waals surface area contributed by atoms with Crippen molar-refractivity contribution in [2.24, 2.45) is 0 Å². The Bertz CT molecular complexity index is 814. The summed E-state index contributed by atoms with van der Waals surface area (Å²) >= 11 is 7.32. The van der Waals surface area contributed by atoms with E-state index in [1.54, 1.807) is 12.1 Å². The lowest BCUT2D eigenvalue weighted by molar-refractivity contribution is -0.0910. The number of aliphatic hydroxyl groups excluding tert-OH is 4. The van der Waals surface area contributed by atoms with Gasteiger partial charge in [0.1, 0.15) is 18.0 Å². The molecule has 1 heterocycles. The smallest absolute Gasteiger partial charge is 0.173 e. The van der Waals surface area contributed by atoms with Crippen molar-refractivity contribution in [2.75, 3.05) is 6.61 Å². The minimum absolute atomic E-state index is 0.326. The van der Waals surface area contributed by atoms with Crippen LogP contribution < -0.4 is 4.74 Å². The van der Waals surface area contributed by atoms with E-state index in [-0.39, 0.29) is 6.61 Å². The number of thioether (sulfide) groups is 1. The normalized spacial score (nSPS) is 26.5. The second-order valence-corrected chi connectivity index (χ2v) is 9.44. The van der Waals surface area contributed by atoms with Gasteiger partial charge in [-0.3, -0.25) is 0 Å². The molecule has 5 atom stereocenters. The fourth-order valence-electron chi connectivity index (χ4n) is 3.52. The summed E-state index contributed by atoms with van der Waals surface area (Å²) in [4.78, 5) is 0. The van der Waals surface area contributed by atoms with Crippen LogP contribution in [0.4, 0.5) is 0 Å². The van der Waals surface area contributed by atoms with Gasteiger partial charge < -0.3 is 25.2 Å². The van der Waals surface area contributed by atoms with Crippen molar-refractivity contribution in [2.45, 2.75) is 61.6 Å². The number of halogens is 1. The van der Waals surface area contributed by atoms with E-state index in [1.807, 2.05) is 6.07 Å². The Labute approximate surface area is 186 Å². The summed E-state index contributed by atoms with van der Waals surface area (Å²) in [5.74, 6) is 0.547. The zero-order valence-electron chi connectivity index (χ0n) is 16.9. The highest BCUT2D eigenvalue weighted by atomic mass is 35.5. The van der Waals surface area contributed by atoms with E-state index in [9.17, 15) is 20.4 Å². The molecule has 0 amide bonds.